The number of nitriles is 1. The normalized spacial score (nSPS) is 14.5. The molecule has 22 heavy (non-hydrogen) atoms. The maximum atomic E-state index is 12.4. The molecule has 5 nitrogen and oxygen atoms in total. The molecule has 1 N–H and O–H groups in total. The molecule has 8 heteroatoms. The van der Waals surface area contributed by atoms with Crippen molar-refractivity contribution in [2.45, 2.75) is 37.0 Å². The van der Waals surface area contributed by atoms with Gasteiger partial charge in [-0.3, -0.25) is 4.79 Å². The average Bonchev–Trinajstić information content (AvgIpc) is 2.46. The number of amides is 1. The van der Waals surface area contributed by atoms with Crippen LogP contribution in [0, 0.1) is 17.2 Å². The first-order valence-corrected chi connectivity index (χ1v) is 7.95. The maximum Gasteiger partial charge on any atom is 0.341 e. The lowest BCUT2D eigenvalue weighted by molar-refractivity contribution is 0.0908. The lowest BCUT2D eigenvalue weighted by atomic mass is 9.90. The predicted molar refractivity (Wildman–Crippen MR) is 76.0 cm³/mol. The fourth-order valence-corrected chi connectivity index (χ4v) is 2.23. The van der Waals surface area contributed by atoms with Crippen molar-refractivity contribution in [2.24, 2.45) is 5.92 Å². The zero-order valence-electron chi connectivity index (χ0n) is 12.3. The van der Waals surface area contributed by atoms with Crippen molar-refractivity contribution >= 4 is 15.7 Å². The van der Waals surface area contributed by atoms with Gasteiger partial charge in [0.1, 0.15) is 5.54 Å². The number of nitrogens with one attached hydrogen (secondary N) is 1. The summed E-state index contributed by atoms with van der Waals surface area (Å²) in [6, 6.07) is 6.14. The molecule has 1 atom stereocenters. The van der Waals surface area contributed by atoms with E-state index in [0.29, 0.717) is 0 Å². The first-order valence-electron chi connectivity index (χ1n) is 6.40. The van der Waals surface area contributed by atoms with E-state index in [2.05, 4.69) is 5.32 Å². The highest BCUT2D eigenvalue weighted by Gasteiger charge is 2.31. The summed E-state index contributed by atoms with van der Waals surface area (Å²) in [5.41, 5.74) is -1.01. The molecule has 0 aliphatic heterocycles. The molecule has 0 aliphatic rings. The van der Waals surface area contributed by atoms with Gasteiger partial charge < -0.3 is 5.32 Å². The number of carbonyl (C=O) groups excluding carboxylic acids is 1. The summed E-state index contributed by atoms with van der Waals surface area (Å²) in [6.45, 7) is 5.09. The minimum atomic E-state index is -4.69. The van der Waals surface area contributed by atoms with Gasteiger partial charge in [-0.25, -0.2) is 8.42 Å². The smallest absolute Gasteiger partial charge is 0.334 e. The van der Waals surface area contributed by atoms with E-state index in [9.17, 15) is 22.0 Å². The van der Waals surface area contributed by atoms with E-state index in [0.717, 1.165) is 24.3 Å². The standard InChI is InChI=1S/C14H16F2N2O3S/c1-9(2)14(3,8-17)18-12(19)10-4-6-11(7-5-10)22(20,21)13(15)16/h4-7,9,13H,1-3H3,(H,18,19)/t14-/m1/s1. The Bertz CT molecular complexity index is 694. The third-order valence-electron chi connectivity index (χ3n) is 3.44. The second-order valence-electron chi connectivity index (χ2n) is 5.25. The Morgan fingerprint density at radius 2 is 1.77 bits per heavy atom. The summed E-state index contributed by atoms with van der Waals surface area (Å²) in [6.07, 6.45) is 0. The molecule has 0 radical (unpaired) electrons. The van der Waals surface area contributed by atoms with E-state index in [1.807, 2.05) is 6.07 Å². The van der Waals surface area contributed by atoms with Gasteiger partial charge in [0.25, 0.3) is 5.91 Å². The number of hydrogen-bond donors (Lipinski definition) is 1. The number of nitrogens with zero attached hydrogens (tertiary/aromatic N) is 1. The Hall–Kier alpha value is -2.01. The zero-order chi connectivity index (χ0) is 17.1. The Kier molecular flexibility index (Phi) is 5.25. The van der Waals surface area contributed by atoms with Crippen molar-refractivity contribution in [2.75, 3.05) is 0 Å². The lowest BCUT2D eigenvalue weighted by Gasteiger charge is -2.27. The van der Waals surface area contributed by atoms with Crippen molar-refractivity contribution in [3.63, 3.8) is 0 Å². The molecule has 120 valence electrons. The quantitative estimate of drug-likeness (QED) is 0.898. The minimum Gasteiger partial charge on any atom is -0.334 e. The van der Waals surface area contributed by atoms with Crippen molar-refractivity contribution in [1.29, 1.82) is 5.26 Å². The van der Waals surface area contributed by atoms with Crippen molar-refractivity contribution < 1.29 is 22.0 Å². The number of sulfone groups is 1. The Balaban J connectivity index is 3.02. The highest BCUT2D eigenvalue weighted by atomic mass is 32.2. The summed E-state index contributed by atoms with van der Waals surface area (Å²) in [5, 5.41) is 11.7. The fourth-order valence-electron chi connectivity index (χ4n) is 1.51. The average molecular weight is 330 g/mol. The van der Waals surface area contributed by atoms with Crippen molar-refractivity contribution in [3.05, 3.63) is 29.8 Å². The molecule has 0 fully saturated rings. The van der Waals surface area contributed by atoms with Crippen molar-refractivity contribution in [1.82, 2.24) is 5.32 Å². The van der Waals surface area contributed by atoms with E-state index >= 15 is 0 Å². The van der Waals surface area contributed by atoms with Gasteiger partial charge in [-0.1, -0.05) is 13.8 Å². The number of benzene rings is 1. The van der Waals surface area contributed by atoms with E-state index in [-0.39, 0.29) is 11.5 Å². The van der Waals surface area contributed by atoms with Crippen LogP contribution in [0.1, 0.15) is 31.1 Å². The van der Waals surface area contributed by atoms with Crippen molar-refractivity contribution in [3.8, 4) is 6.07 Å². The van der Waals surface area contributed by atoms with Crippen LogP contribution >= 0.6 is 0 Å². The molecule has 0 spiro atoms. The molecule has 0 saturated carbocycles. The molecule has 0 bridgehead atoms. The van der Waals surface area contributed by atoms with Gasteiger partial charge in [0.2, 0.25) is 9.84 Å². The first-order chi connectivity index (χ1) is 10.0. The lowest BCUT2D eigenvalue weighted by Crippen LogP contribution is -2.48. The van der Waals surface area contributed by atoms with Gasteiger partial charge >= 0.3 is 5.76 Å². The van der Waals surface area contributed by atoms with Gasteiger partial charge in [0.15, 0.2) is 0 Å². The Labute approximate surface area is 127 Å². The van der Waals surface area contributed by atoms with Crippen LogP contribution in [0.2, 0.25) is 0 Å². The van der Waals surface area contributed by atoms with Crippen LogP contribution in [-0.2, 0) is 9.84 Å². The van der Waals surface area contributed by atoms with E-state index in [1.54, 1.807) is 20.8 Å². The molecule has 0 saturated heterocycles. The minimum absolute atomic E-state index is 0.0790. The highest BCUT2D eigenvalue weighted by molar-refractivity contribution is 7.91. The number of alkyl halides is 2. The number of halogens is 2. The van der Waals surface area contributed by atoms with Crippen LogP contribution in [-0.4, -0.2) is 25.6 Å². The molecule has 0 heterocycles. The topological polar surface area (TPSA) is 87.0 Å². The number of carbonyl (C=O) groups is 1. The molecular weight excluding hydrogens is 314 g/mol. The van der Waals surface area contributed by atoms with Gasteiger partial charge in [-0.05, 0) is 37.1 Å². The molecule has 1 rings (SSSR count). The van der Waals surface area contributed by atoms with Gasteiger partial charge in [0.05, 0.1) is 11.0 Å². The largest absolute Gasteiger partial charge is 0.341 e. The molecular formula is C14H16F2N2O3S. The predicted octanol–water partition coefficient (Wildman–Crippen LogP) is 2.35. The maximum absolute atomic E-state index is 12.4. The highest BCUT2D eigenvalue weighted by Crippen LogP contribution is 2.20. The summed E-state index contributed by atoms with van der Waals surface area (Å²) < 4.78 is 47.4. The van der Waals surface area contributed by atoms with Crippen LogP contribution in [0.3, 0.4) is 0 Å². The first kappa shape index (κ1) is 18.0. The summed E-state index contributed by atoms with van der Waals surface area (Å²) in [4.78, 5) is 11.5. The van der Waals surface area contributed by atoms with Crippen LogP contribution in [0.25, 0.3) is 0 Å². The fraction of sp³-hybridized carbons (Fsp3) is 0.429. The van der Waals surface area contributed by atoms with Gasteiger partial charge in [0, 0.05) is 5.56 Å². The Morgan fingerprint density at radius 1 is 1.27 bits per heavy atom. The number of rotatable bonds is 5. The molecule has 0 unspecified atom stereocenters. The van der Waals surface area contributed by atoms with Crippen LogP contribution < -0.4 is 5.32 Å². The summed E-state index contributed by atoms with van der Waals surface area (Å²) >= 11 is 0. The second kappa shape index (κ2) is 6.40. The molecule has 0 aliphatic carbocycles. The molecule has 1 amide bonds. The monoisotopic (exact) mass is 330 g/mol. The zero-order valence-corrected chi connectivity index (χ0v) is 13.1. The van der Waals surface area contributed by atoms with Crippen LogP contribution in [0.5, 0.6) is 0 Å². The molecule has 1 aromatic carbocycles. The van der Waals surface area contributed by atoms with Gasteiger partial charge in [-0.2, -0.15) is 14.0 Å². The Morgan fingerprint density at radius 3 is 2.14 bits per heavy atom. The van der Waals surface area contributed by atoms with E-state index in [4.69, 9.17) is 5.26 Å². The molecule has 1 aromatic rings. The van der Waals surface area contributed by atoms with Gasteiger partial charge in [-0.15, -0.1) is 0 Å². The number of hydrogen-bond acceptors (Lipinski definition) is 4. The third kappa shape index (κ3) is 3.60. The van der Waals surface area contributed by atoms with Crippen LogP contribution in [0.4, 0.5) is 8.78 Å². The third-order valence-corrected chi connectivity index (χ3v) is 4.84. The van der Waals surface area contributed by atoms with Crippen LogP contribution in [0.15, 0.2) is 29.2 Å². The summed E-state index contributed by atoms with van der Waals surface area (Å²) in [7, 11) is -4.69. The SMILES string of the molecule is CC(C)[C@@](C)(C#N)NC(=O)c1ccc(S(=O)(=O)C(F)F)cc1. The second-order valence-corrected chi connectivity index (χ2v) is 7.17. The molecule has 0 aromatic heterocycles. The summed E-state index contributed by atoms with van der Waals surface area (Å²) in [5.74, 6) is -4.26. The van der Waals surface area contributed by atoms with E-state index < -0.39 is 31.9 Å². The van der Waals surface area contributed by atoms with E-state index in [1.165, 1.54) is 0 Å².